The number of hydrogen-bond acceptors (Lipinski definition) is 5. The third-order valence-electron chi connectivity index (χ3n) is 5.75. The van der Waals surface area contributed by atoms with Crippen LogP contribution in [0.5, 0.6) is 0 Å². The quantitative estimate of drug-likeness (QED) is 0.437. The maximum Gasteiger partial charge on any atom is 0.308 e. The standard InChI is InChI=1S/C21H31N3O3S/c1-4-18(20(25)22-16-11-10-15(13-16)21(26)27-3)28-19-12-14(2)23-24(19)17-8-6-5-7-9-17/h4,12,15-17H,5-11,13H2,1-3H3,(H,22,25)/b18-4-/t15-,16-/m0/s1. The number of allylic oxidation sites excluding steroid dienone is 1. The highest BCUT2D eigenvalue weighted by molar-refractivity contribution is 8.04. The van der Waals surface area contributed by atoms with Crippen molar-refractivity contribution in [2.45, 2.75) is 82.3 Å². The van der Waals surface area contributed by atoms with Crippen molar-refractivity contribution >= 4 is 23.6 Å². The third kappa shape index (κ3) is 4.99. The van der Waals surface area contributed by atoms with Gasteiger partial charge in [-0.05, 0) is 52.0 Å². The smallest absolute Gasteiger partial charge is 0.308 e. The van der Waals surface area contributed by atoms with E-state index in [1.165, 1.54) is 38.1 Å². The van der Waals surface area contributed by atoms with Crippen molar-refractivity contribution in [1.29, 1.82) is 0 Å². The summed E-state index contributed by atoms with van der Waals surface area (Å²) in [4.78, 5) is 25.2. The zero-order valence-corrected chi connectivity index (χ0v) is 17.9. The summed E-state index contributed by atoms with van der Waals surface area (Å²) in [6, 6.07) is 2.53. The number of esters is 1. The molecule has 1 N–H and O–H groups in total. The van der Waals surface area contributed by atoms with Gasteiger partial charge in [-0.3, -0.25) is 14.3 Å². The topological polar surface area (TPSA) is 73.2 Å². The van der Waals surface area contributed by atoms with Crippen LogP contribution < -0.4 is 5.32 Å². The molecule has 1 aromatic rings. The van der Waals surface area contributed by atoms with Crippen molar-refractivity contribution in [3.63, 3.8) is 0 Å². The second kappa shape index (κ2) is 9.63. The lowest BCUT2D eigenvalue weighted by Crippen LogP contribution is -2.34. The fraction of sp³-hybridized carbons (Fsp3) is 0.667. The van der Waals surface area contributed by atoms with E-state index in [2.05, 4.69) is 16.1 Å². The van der Waals surface area contributed by atoms with Crippen molar-refractivity contribution in [2.75, 3.05) is 7.11 Å². The van der Waals surface area contributed by atoms with Gasteiger partial charge in [-0.25, -0.2) is 0 Å². The molecule has 0 radical (unpaired) electrons. The maximum atomic E-state index is 12.8. The van der Waals surface area contributed by atoms with Gasteiger partial charge in [0.2, 0.25) is 0 Å². The summed E-state index contributed by atoms with van der Waals surface area (Å²) in [5, 5.41) is 8.84. The van der Waals surface area contributed by atoms with Crippen LogP contribution in [0.4, 0.5) is 0 Å². The lowest BCUT2D eigenvalue weighted by Gasteiger charge is -2.24. The van der Waals surface area contributed by atoms with Crippen molar-refractivity contribution in [3.8, 4) is 0 Å². The van der Waals surface area contributed by atoms with Crippen LogP contribution >= 0.6 is 11.8 Å². The number of nitrogens with one attached hydrogen (secondary N) is 1. The average Bonchev–Trinajstić information content (AvgIpc) is 3.32. The third-order valence-corrected chi connectivity index (χ3v) is 6.90. The SMILES string of the molecule is C/C=C(\Sc1cc(C)nn1C1CCCCC1)C(=O)N[C@H]1CC[C@H](C(=O)OC)C1. The normalized spacial score (nSPS) is 23.6. The Morgan fingerprint density at radius 3 is 2.68 bits per heavy atom. The second-order valence-corrected chi connectivity index (χ2v) is 8.88. The Balaban J connectivity index is 1.63. The van der Waals surface area contributed by atoms with Crippen LogP contribution in [-0.2, 0) is 14.3 Å². The maximum absolute atomic E-state index is 12.8. The molecular weight excluding hydrogens is 374 g/mol. The Morgan fingerprint density at radius 1 is 1.25 bits per heavy atom. The number of amides is 1. The van der Waals surface area contributed by atoms with E-state index in [1.54, 1.807) is 0 Å². The van der Waals surface area contributed by atoms with Crippen LogP contribution in [0.15, 0.2) is 22.1 Å². The van der Waals surface area contributed by atoms with E-state index in [0.29, 0.717) is 17.4 Å². The van der Waals surface area contributed by atoms with E-state index in [4.69, 9.17) is 9.84 Å². The van der Waals surface area contributed by atoms with E-state index in [1.807, 2.05) is 19.9 Å². The molecule has 0 saturated heterocycles. The molecule has 2 aliphatic rings. The van der Waals surface area contributed by atoms with Crippen LogP contribution in [0.2, 0.25) is 0 Å². The summed E-state index contributed by atoms with van der Waals surface area (Å²) in [6.45, 7) is 3.90. The number of methoxy groups -OCH3 is 1. The number of nitrogens with zero attached hydrogens (tertiary/aromatic N) is 2. The Bertz CT molecular complexity index is 737. The first-order valence-corrected chi connectivity index (χ1v) is 11.1. The zero-order valence-electron chi connectivity index (χ0n) is 17.1. The zero-order chi connectivity index (χ0) is 20.1. The van der Waals surface area contributed by atoms with E-state index < -0.39 is 0 Å². The number of ether oxygens (including phenoxy) is 1. The predicted molar refractivity (Wildman–Crippen MR) is 110 cm³/mol. The van der Waals surface area contributed by atoms with Gasteiger partial charge in [0.05, 0.1) is 34.7 Å². The highest BCUT2D eigenvalue weighted by Gasteiger charge is 2.32. The molecule has 0 unspecified atom stereocenters. The molecule has 3 rings (SSSR count). The van der Waals surface area contributed by atoms with Gasteiger partial charge in [0.1, 0.15) is 0 Å². The van der Waals surface area contributed by atoms with Gasteiger partial charge in [0, 0.05) is 6.04 Å². The largest absolute Gasteiger partial charge is 0.469 e. The number of carbonyl (C=O) groups is 2. The first-order valence-electron chi connectivity index (χ1n) is 10.3. The number of carbonyl (C=O) groups excluding carboxylic acids is 2. The van der Waals surface area contributed by atoms with E-state index in [9.17, 15) is 9.59 Å². The van der Waals surface area contributed by atoms with Crippen molar-refractivity contribution in [2.24, 2.45) is 5.92 Å². The Labute approximate surface area is 171 Å². The minimum atomic E-state index is -0.177. The van der Waals surface area contributed by atoms with Gasteiger partial charge in [-0.1, -0.05) is 37.1 Å². The van der Waals surface area contributed by atoms with Crippen LogP contribution in [0.25, 0.3) is 0 Å². The molecule has 6 nitrogen and oxygen atoms in total. The second-order valence-electron chi connectivity index (χ2n) is 7.82. The summed E-state index contributed by atoms with van der Waals surface area (Å²) < 4.78 is 6.96. The average molecular weight is 406 g/mol. The lowest BCUT2D eigenvalue weighted by molar-refractivity contribution is -0.145. The van der Waals surface area contributed by atoms with Crippen molar-refractivity contribution in [1.82, 2.24) is 15.1 Å². The molecule has 2 saturated carbocycles. The van der Waals surface area contributed by atoms with Crippen LogP contribution in [0, 0.1) is 12.8 Å². The minimum Gasteiger partial charge on any atom is -0.469 e. The molecule has 0 aliphatic heterocycles. The first kappa shape index (κ1) is 21.0. The minimum absolute atomic E-state index is 0.0251. The Hall–Kier alpha value is -1.76. The fourth-order valence-corrected chi connectivity index (χ4v) is 5.26. The highest BCUT2D eigenvalue weighted by Crippen LogP contribution is 2.35. The summed E-state index contributed by atoms with van der Waals surface area (Å²) >= 11 is 1.49. The number of thioether (sulfide) groups is 1. The van der Waals surface area contributed by atoms with E-state index in [0.717, 1.165) is 36.4 Å². The lowest BCUT2D eigenvalue weighted by atomic mass is 9.96. The molecule has 2 atom stereocenters. The summed E-state index contributed by atoms with van der Waals surface area (Å²) in [5.74, 6) is -0.353. The fourth-order valence-electron chi connectivity index (χ4n) is 4.26. The molecule has 1 amide bonds. The number of rotatable bonds is 6. The monoisotopic (exact) mass is 405 g/mol. The molecule has 154 valence electrons. The van der Waals surface area contributed by atoms with E-state index >= 15 is 0 Å². The molecule has 28 heavy (non-hydrogen) atoms. The Kier molecular flexibility index (Phi) is 7.21. The van der Waals surface area contributed by atoms with Gasteiger partial charge >= 0.3 is 5.97 Å². The molecule has 2 aliphatic carbocycles. The highest BCUT2D eigenvalue weighted by atomic mass is 32.2. The summed E-state index contributed by atoms with van der Waals surface area (Å²) in [7, 11) is 1.42. The summed E-state index contributed by atoms with van der Waals surface area (Å²) in [6.07, 6.45) is 10.2. The molecule has 1 heterocycles. The number of aromatic nitrogens is 2. The molecular formula is C21H31N3O3S. The number of aryl methyl sites for hydroxylation is 1. The molecule has 0 bridgehead atoms. The van der Waals surface area contributed by atoms with Gasteiger partial charge in [0.25, 0.3) is 5.91 Å². The van der Waals surface area contributed by atoms with Gasteiger partial charge < -0.3 is 10.1 Å². The Morgan fingerprint density at radius 2 is 2.00 bits per heavy atom. The van der Waals surface area contributed by atoms with Crippen LogP contribution in [-0.4, -0.2) is 34.8 Å². The first-order chi connectivity index (χ1) is 13.5. The van der Waals surface area contributed by atoms with Crippen LogP contribution in [0.1, 0.15) is 70.0 Å². The molecule has 0 aromatic carbocycles. The molecule has 2 fully saturated rings. The summed E-state index contributed by atoms with van der Waals surface area (Å²) in [5.41, 5.74) is 0.987. The van der Waals surface area contributed by atoms with Gasteiger partial charge in [0.15, 0.2) is 0 Å². The number of hydrogen-bond donors (Lipinski definition) is 1. The molecule has 1 aromatic heterocycles. The molecule has 0 spiro atoms. The van der Waals surface area contributed by atoms with Crippen molar-refractivity contribution < 1.29 is 14.3 Å². The van der Waals surface area contributed by atoms with Gasteiger partial charge in [-0.2, -0.15) is 5.10 Å². The molecule has 7 heteroatoms. The van der Waals surface area contributed by atoms with Crippen molar-refractivity contribution in [3.05, 3.63) is 22.7 Å². The van der Waals surface area contributed by atoms with Crippen LogP contribution in [0.3, 0.4) is 0 Å². The van der Waals surface area contributed by atoms with E-state index in [-0.39, 0.29) is 23.8 Å². The predicted octanol–water partition coefficient (Wildman–Crippen LogP) is 4.15. The van der Waals surface area contributed by atoms with Gasteiger partial charge in [-0.15, -0.1) is 0 Å².